The Kier molecular flexibility index (Phi) is 7.25. The number of alkyl halides is 3. The summed E-state index contributed by atoms with van der Waals surface area (Å²) >= 11 is 0. The SMILES string of the molecule is CCNC(=O)Nc1cccc(NC(=O)CCc2ccc(OC(F)(F)F)cc2)c1. The second-order valence-electron chi connectivity index (χ2n) is 5.81. The van der Waals surface area contributed by atoms with Gasteiger partial charge in [0.2, 0.25) is 5.91 Å². The van der Waals surface area contributed by atoms with E-state index in [4.69, 9.17) is 0 Å². The molecule has 0 saturated carbocycles. The number of aryl methyl sites for hydroxylation is 1. The van der Waals surface area contributed by atoms with Crippen LogP contribution in [0.4, 0.5) is 29.3 Å². The Labute approximate surface area is 160 Å². The van der Waals surface area contributed by atoms with E-state index < -0.39 is 6.36 Å². The van der Waals surface area contributed by atoms with Crippen LogP contribution in [0.5, 0.6) is 5.75 Å². The third-order valence-electron chi connectivity index (χ3n) is 3.54. The lowest BCUT2D eigenvalue weighted by Crippen LogP contribution is -2.28. The Hall–Kier alpha value is -3.23. The Morgan fingerprint density at radius 3 is 2.25 bits per heavy atom. The molecular weight excluding hydrogens is 375 g/mol. The van der Waals surface area contributed by atoms with Gasteiger partial charge in [-0.3, -0.25) is 4.79 Å². The van der Waals surface area contributed by atoms with Crippen molar-refractivity contribution in [1.82, 2.24) is 5.32 Å². The van der Waals surface area contributed by atoms with Crippen molar-refractivity contribution in [2.24, 2.45) is 0 Å². The number of halogens is 3. The molecule has 6 nitrogen and oxygen atoms in total. The average molecular weight is 395 g/mol. The van der Waals surface area contributed by atoms with Crippen LogP contribution in [0.2, 0.25) is 0 Å². The van der Waals surface area contributed by atoms with Crippen molar-refractivity contribution in [1.29, 1.82) is 0 Å². The summed E-state index contributed by atoms with van der Waals surface area (Å²) in [5.41, 5.74) is 1.76. The summed E-state index contributed by atoms with van der Waals surface area (Å²) in [6.07, 6.45) is -4.23. The lowest BCUT2D eigenvalue weighted by molar-refractivity contribution is -0.274. The summed E-state index contributed by atoms with van der Waals surface area (Å²) in [6, 6.07) is 11.7. The molecule has 0 fully saturated rings. The molecular formula is C19H20F3N3O3. The minimum Gasteiger partial charge on any atom is -0.406 e. The highest BCUT2D eigenvalue weighted by Crippen LogP contribution is 2.23. The normalized spacial score (nSPS) is 10.9. The molecule has 0 saturated heterocycles. The predicted molar refractivity (Wildman–Crippen MR) is 99.2 cm³/mol. The van der Waals surface area contributed by atoms with Gasteiger partial charge in [-0.1, -0.05) is 18.2 Å². The molecule has 0 heterocycles. The van der Waals surface area contributed by atoms with Gasteiger partial charge in [0.05, 0.1) is 0 Å². The van der Waals surface area contributed by atoms with Crippen LogP contribution in [0, 0.1) is 0 Å². The van der Waals surface area contributed by atoms with Crippen molar-refractivity contribution in [2.75, 3.05) is 17.2 Å². The molecule has 2 aromatic carbocycles. The van der Waals surface area contributed by atoms with Crippen molar-refractivity contribution < 1.29 is 27.5 Å². The molecule has 3 N–H and O–H groups in total. The highest BCUT2D eigenvalue weighted by atomic mass is 19.4. The van der Waals surface area contributed by atoms with Crippen molar-refractivity contribution in [3.05, 3.63) is 54.1 Å². The van der Waals surface area contributed by atoms with Gasteiger partial charge in [-0.15, -0.1) is 13.2 Å². The average Bonchev–Trinajstić information content (AvgIpc) is 2.60. The molecule has 28 heavy (non-hydrogen) atoms. The number of anilines is 2. The fourth-order valence-corrected chi connectivity index (χ4v) is 2.35. The van der Waals surface area contributed by atoms with E-state index in [2.05, 4.69) is 20.7 Å². The van der Waals surface area contributed by atoms with Crippen LogP contribution in [0.1, 0.15) is 18.9 Å². The fraction of sp³-hybridized carbons (Fsp3) is 0.263. The van der Waals surface area contributed by atoms with E-state index in [9.17, 15) is 22.8 Å². The van der Waals surface area contributed by atoms with Gasteiger partial charge in [-0.25, -0.2) is 4.79 Å². The third-order valence-corrected chi connectivity index (χ3v) is 3.54. The summed E-state index contributed by atoms with van der Waals surface area (Å²) in [5.74, 6) is -0.567. The van der Waals surface area contributed by atoms with Crippen molar-refractivity contribution >= 4 is 23.3 Å². The fourth-order valence-electron chi connectivity index (χ4n) is 2.35. The van der Waals surface area contributed by atoms with Crippen LogP contribution in [0.15, 0.2) is 48.5 Å². The van der Waals surface area contributed by atoms with E-state index in [1.165, 1.54) is 24.3 Å². The molecule has 3 amide bonds. The smallest absolute Gasteiger partial charge is 0.406 e. The lowest BCUT2D eigenvalue weighted by atomic mass is 10.1. The molecule has 9 heteroatoms. The monoisotopic (exact) mass is 395 g/mol. The first-order chi connectivity index (χ1) is 13.2. The zero-order valence-corrected chi connectivity index (χ0v) is 15.1. The summed E-state index contributed by atoms with van der Waals surface area (Å²) in [4.78, 5) is 23.6. The zero-order chi connectivity index (χ0) is 20.6. The Balaban J connectivity index is 1.85. The number of rotatable bonds is 7. The summed E-state index contributed by atoms with van der Waals surface area (Å²) in [6.45, 7) is 2.29. The first-order valence-corrected chi connectivity index (χ1v) is 8.54. The van der Waals surface area contributed by atoms with Crippen LogP contribution in [0.25, 0.3) is 0 Å². The van der Waals surface area contributed by atoms with Crippen LogP contribution >= 0.6 is 0 Å². The standard InChI is InChI=1S/C19H20F3N3O3/c1-2-23-18(27)25-15-5-3-4-14(12-15)24-17(26)11-8-13-6-9-16(10-7-13)28-19(20,21)22/h3-7,9-10,12H,2,8,11H2,1H3,(H,24,26)(H2,23,25,27). The molecule has 150 valence electrons. The highest BCUT2D eigenvalue weighted by molar-refractivity contribution is 5.93. The van der Waals surface area contributed by atoms with E-state index in [1.54, 1.807) is 31.2 Å². The van der Waals surface area contributed by atoms with Crippen molar-refractivity contribution in [3.8, 4) is 5.75 Å². The van der Waals surface area contributed by atoms with Crippen LogP contribution < -0.4 is 20.7 Å². The number of carbonyl (C=O) groups is 2. The second kappa shape index (κ2) is 9.63. The molecule has 0 radical (unpaired) electrons. The first-order valence-electron chi connectivity index (χ1n) is 8.54. The number of benzene rings is 2. The summed E-state index contributed by atoms with van der Waals surface area (Å²) < 4.78 is 40.2. The van der Waals surface area contributed by atoms with Gasteiger partial charge < -0.3 is 20.7 Å². The Morgan fingerprint density at radius 1 is 1.00 bits per heavy atom. The second-order valence-corrected chi connectivity index (χ2v) is 5.81. The Morgan fingerprint density at radius 2 is 1.64 bits per heavy atom. The van der Waals surface area contributed by atoms with Gasteiger partial charge in [0.25, 0.3) is 0 Å². The topological polar surface area (TPSA) is 79.5 Å². The van der Waals surface area contributed by atoms with Gasteiger partial charge in [-0.2, -0.15) is 0 Å². The predicted octanol–water partition coefficient (Wildman–Crippen LogP) is 4.30. The van der Waals surface area contributed by atoms with E-state index in [-0.39, 0.29) is 24.1 Å². The van der Waals surface area contributed by atoms with E-state index >= 15 is 0 Å². The molecule has 0 aliphatic rings. The van der Waals surface area contributed by atoms with Crippen molar-refractivity contribution in [2.45, 2.75) is 26.1 Å². The summed E-state index contributed by atoms with van der Waals surface area (Å²) in [7, 11) is 0. The van der Waals surface area contributed by atoms with Crippen molar-refractivity contribution in [3.63, 3.8) is 0 Å². The number of amides is 3. The maximum absolute atomic E-state index is 12.1. The van der Waals surface area contributed by atoms with Gasteiger partial charge >= 0.3 is 12.4 Å². The number of urea groups is 1. The third kappa shape index (κ3) is 7.56. The Bertz CT molecular complexity index is 808. The zero-order valence-electron chi connectivity index (χ0n) is 15.1. The molecule has 2 rings (SSSR count). The molecule has 2 aromatic rings. The maximum atomic E-state index is 12.1. The maximum Gasteiger partial charge on any atom is 0.573 e. The van der Waals surface area contributed by atoms with Gasteiger partial charge in [0, 0.05) is 24.3 Å². The molecule has 0 aliphatic carbocycles. The van der Waals surface area contributed by atoms with E-state index in [0.717, 1.165) is 0 Å². The number of ether oxygens (including phenoxy) is 1. The number of nitrogens with one attached hydrogen (secondary N) is 3. The number of carbonyl (C=O) groups excluding carboxylic acids is 2. The molecule has 0 aliphatic heterocycles. The van der Waals surface area contributed by atoms with Gasteiger partial charge in [0.1, 0.15) is 5.75 Å². The van der Waals surface area contributed by atoms with Gasteiger partial charge in [-0.05, 0) is 49.2 Å². The molecule has 0 aromatic heterocycles. The quantitative estimate of drug-likeness (QED) is 0.654. The number of hydrogen-bond acceptors (Lipinski definition) is 3. The molecule has 0 spiro atoms. The van der Waals surface area contributed by atoms with Gasteiger partial charge in [0.15, 0.2) is 0 Å². The largest absolute Gasteiger partial charge is 0.573 e. The first kappa shape index (κ1) is 21.1. The molecule has 0 unspecified atom stereocenters. The number of hydrogen-bond donors (Lipinski definition) is 3. The minimum atomic E-state index is -4.73. The van der Waals surface area contributed by atoms with Crippen LogP contribution in [0.3, 0.4) is 0 Å². The molecule has 0 atom stereocenters. The lowest BCUT2D eigenvalue weighted by Gasteiger charge is -2.10. The molecule has 0 bridgehead atoms. The van der Waals surface area contributed by atoms with Crippen LogP contribution in [-0.4, -0.2) is 24.8 Å². The van der Waals surface area contributed by atoms with Crippen LogP contribution in [-0.2, 0) is 11.2 Å². The highest BCUT2D eigenvalue weighted by Gasteiger charge is 2.30. The van der Waals surface area contributed by atoms with E-state index in [1.807, 2.05) is 0 Å². The summed E-state index contributed by atoms with van der Waals surface area (Å²) in [5, 5.41) is 7.96. The minimum absolute atomic E-state index is 0.146. The van der Waals surface area contributed by atoms with E-state index in [0.29, 0.717) is 29.9 Å².